The van der Waals surface area contributed by atoms with Crippen LogP contribution in [0.3, 0.4) is 0 Å². The van der Waals surface area contributed by atoms with Crippen LogP contribution in [0, 0.1) is 5.82 Å². The van der Waals surface area contributed by atoms with E-state index in [0.717, 1.165) is 11.1 Å². The van der Waals surface area contributed by atoms with E-state index in [1.165, 1.54) is 12.3 Å². The van der Waals surface area contributed by atoms with Crippen molar-refractivity contribution in [3.63, 3.8) is 0 Å². The van der Waals surface area contributed by atoms with Crippen LogP contribution in [0.1, 0.15) is 31.4 Å². The van der Waals surface area contributed by atoms with Crippen LogP contribution in [-0.4, -0.2) is 16.1 Å². The highest BCUT2D eigenvalue weighted by molar-refractivity contribution is 7.84. The molecule has 0 N–H and O–H groups in total. The van der Waals surface area contributed by atoms with Gasteiger partial charge in [0, 0.05) is 28.8 Å². The Labute approximate surface area is 148 Å². The number of halogens is 2. The van der Waals surface area contributed by atoms with E-state index >= 15 is 0 Å². The zero-order valence-corrected chi connectivity index (χ0v) is 15.3. The van der Waals surface area contributed by atoms with Crippen molar-refractivity contribution in [1.82, 2.24) is 0 Å². The molecule has 0 spiro atoms. The van der Waals surface area contributed by atoms with Gasteiger partial charge in [0.25, 0.3) is 0 Å². The largest absolute Gasteiger partial charge is 0.487 e. The Balaban J connectivity index is 2.13. The lowest BCUT2D eigenvalue weighted by atomic mass is 9.94. The minimum atomic E-state index is -1.36. The molecule has 24 heavy (non-hydrogen) atoms. The van der Waals surface area contributed by atoms with E-state index in [4.69, 9.17) is 16.3 Å². The molecule has 0 bridgehead atoms. The summed E-state index contributed by atoms with van der Waals surface area (Å²) < 4.78 is 31.9. The number of ether oxygens (including phenoxy) is 1. The van der Waals surface area contributed by atoms with Crippen molar-refractivity contribution in [1.29, 1.82) is 0 Å². The first-order valence-corrected chi connectivity index (χ1v) is 9.52. The van der Waals surface area contributed by atoms with Crippen LogP contribution < -0.4 is 0 Å². The lowest BCUT2D eigenvalue weighted by Crippen LogP contribution is -2.17. The van der Waals surface area contributed by atoms with Gasteiger partial charge in [0.05, 0.1) is 15.7 Å². The van der Waals surface area contributed by atoms with E-state index in [0.29, 0.717) is 22.8 Å². The van der Waals surface area contributed by atoms with Gasteiger partial charge in [-0.2, -0.15) is 0 Å². The fraction of sp³-hybridized carbons (Fsp3) is 0.263. The molecule has 126 valence electrons. The summed E-state index contributed by atoms with van der Waals surface area (Å²) in [5.74, 6) is 0.161. The van der Waals surface area contributed by atoms with Crippen molar-refractivity contribution < 1.29 is 13.3 Å². The molecule has 0 fully saturated rings. The van der Waals surface area contributed by atoms with Crippen LogP contribution in [0.5, 0.6) is 0 Å². The van der Waals surface area contributed by atoms with Crippen molar-refractivity contribution in [3.05, 3.63) is 64.4 Å². The lowest BCUT2D eigenvalue weighted by molar-refractivity contribution is 0.101. The molecule has 0 aromatic heterocycles. The Bertz CT molecular complexity index is 858. The number of rotatable bonds is 3. The number of hydrogen-bond acceptors (Lipinski definition) is 2. The molecule has 1 aliphatic heterocycles. The van der Waals surface area contributed by atoms with E-state index < -0.39 is 16.6 Å². The average Bonchev–Trinajstić information content (AvgIpc) is 2.83. The molecule has 2 aromatic carbocycles. The number of hydrogen-bond donors (Lipinski definition) is 0. The summed E-state index contributed by atoms with van der Waals surface area (Å²) in [5.41, 5.74) is 2.22. The van der Waals surface area contributed by atoms with Crippen LogP contribution in [0.2, 0.25) is 5.02 Å². The van der Waals surface area contributed by atoms with Gasteiger partial charge in [0.1, 0.15) is 17.2 Å². The van der Waals surface area contributed by atoms with E-state index in [1.807, 2.05) is 38.1 Å². The predicted octanol–water partition coefficient (Wildman–Crippen LogP) is 5.28. The van der Waals surface area contributed by atoms with Gasteiger partial charge in [-0.15, -0.1) is 0 Å². The molecule has 1 atom stereocenters. The van der Waals surface area contributed by atoms with Gasteiger partial charge < -0.3 is 4.74 Å². The molecule has 0 aliphatic carbocycles. The third-order valence-corrected chi connectivity index (χ3v) is 5.12. The SMILES string of the molecule is CS(=O)c1ccc(C2=C(c3cccc(Cl)c3)CC(C)(C)O2)cc1F. The third kappa shape index (κ3) is 3.40. The normalized spacial score (nSPS) is 17.7. The van der Waals surface area contributed by atoms with E-state index in [9.17, 15) is 8.60 Å². The molecule has 3 rings (SSSR count). The molecule has 2 aromatic rings. The van der Waals surface area contributed by atoms with Crippen LogP contribution in [0.4, 0.5) is 4.39 Å². The molecule has 5 heteroatoms. The van der Waals surface area contributed by atoms with Crippen molar-refractivity contribution in [2.24, 2.45) is 0 Å². The second-order valence-corrected chi connectivity index (χ2v) is 8.24. The molecule has 0 amide bonds. The summed E-state index contributed by atoms with van der Waals surface area (Å²) in [6.45, 7) is 3.99. The first-order chi connectivity index (χ1) is 11.3. The van der Waals surface area contributed by atoms with Crippen LogP contribution in [0.25, 0.3) is 11.3 Å². The Morgan fingerprint density at radius 2 is 1.92 bits per heavy atom. The fourth-order valence-corrected chi connectivity index (χ4v) is 3.68. The summed E-state index contributed by atoms with van der Waals surface area (Å²) in [6.07, 6.45) is 2.16. The smallest absolute Gasteiger partial charge is 0.140 e. The van der Waals surface area contributed by atoms with Crippen LogP contribution >= 0.6 is 11.6 Å². The maximum atomic E-state index is 14.2. The topological polar surface area (TPSA) is 26.3 Å². The summed E-state index contributed by atoms with van der Waals surface area (Å²) in [7, 11) is -1.36. The highest BCUT2D eigenvalue weighted by Gasteiger charge is 2.34. The van der Waals surface area contributed by atoms with Gasteiger partial charge in [-0.05, 0) is 49.7 Å². The van der Waals surface area contributed by atoms with E-state index in [2.05, 4.69) is 0 Å². The lowest BCUT2D eigenvalue weighted by Gasteiger charge is -2.19. The molecule has 1 heterocycles. The quantitative estimate of drug-likeness (QED) is 0.740. The van der Waals surface area contributed by atoms with Crippen molar-refractivity contribution in [2.75, 3.05) is 6.26 Å². The van der Waals surface area contributed by atoms with Gasteiger partial charge in [0.2, 0.25) is 0 Å². The highest BCUT2D eigenvalue weighted by atomic mass is 35.5. The van der Waals surface area contributed by atoms with Crippen molar-refractivity contribution >= 4 is 33.7 Å². The molecule has 0 saturated heterocycles. The van der Waals surface area contributed by atoms with Crippen molar-refractivity contribution in [3.8, 4) is 0 Å². The minimum Gasteiger partial charge on any atom is -0.487 e. The maximum absolute atomic E-state index is 14.2. The molecule has 1 aliphatic rings. The zero-order valence-electron chi connectivity index (χ0n) is 13.7. The van der Waals surface area contributed by atoms with Gasteiger partial charge in [-0.25, -0.2) is 4.39 Å². The van der Waals surface area contributed by atoms with Gasteiger partial charge >= 0.3 is 0 Å². The first-order valence-electron chi connectivity index (χ1n) is 7.58. The summed E-state index contributed by atoms with van der Waals surface area (Å²) >= 11 is 6.11. The van der Waals surface area contributed by atoms with Crippen molar-refractivity contribution in [2.45, 2.75) is 30.8 Å². The predicted molar refractivity (Wildman–Crippen MR) is 96.8 cm³/mol. The summed E-state index contributed by atoms with van der Waals surface area (Å²) in [6, 6.07) is 12.2. The maximum Gasteiger partial charge on any atom is 0.140 e. The molecular weight excluding hydrogens is 347 g/mol. The zero-order chi connectivity index (χ0) is 17.5. The van der Waals surface area contributed by atoms with Crippen LogP contribution in [0.15, 0.2) is 47.4 Å². The average molecular weight is 365 g/mol. The third-order valence-electron chi connectivity index (χ3n) is 3.93. The summed E-state index contributed by atoms with van der Waals surface area (Å²) in [5, 5.41) is 0.645. The Kier molecular flexibility index (Phi) is 4.54. The first kappa shape index (κ1) is 17.2. The Morgan fingerprint density at radius 3 is 2.54 bits per heavy atom. The Morgan fingerprint density at radius 1 is 1.17 bits per heavy atom. The summed E-state index contributed by atoms with van der Waals surface area (Å²) in [4.78, 5) is 0.195. The van der Waals surface area contributed by atoms with Crippen LogP contribution in [-0.2, 0) is 15.5 Å². The van der Waals surface area contributed by atoms with Gasteiger partial charge in [0.15, 0.2) is 0 Å². The molecule has 2 nitrogen and oxygen atoms in total. The fourth-order valence-electron chi connectivity index (χ4n) is 2.90. The molecule has 1 unspecified atom stereocenters. The Hall–Kier alpha value is -1.65. The van der Waals surface area contributed by atoms with Gasteiger partial charge in [-0.3, -0.25) is 4.21 Å². The highest BCUT2D eigenvalue weighted by Crippen LogP contribution is 2.44. The molecule has 0 saturated carbocycles. The minimum absolute atomic E-state index is 0.195. The van der Waals surface area contributed by atoms with E-state index in [-0.39, 0.29) is 10.5 Å². The van der Waals surface area contributed by atoms with E-state index in [1.54, 1.807) is 12.1 Å². The second-order valence-electron chi connectivity index (χ2n) is 6.46. The second kappa shape index (κ2) is 6.34. The standard InChI is InChI=1S/C19H18ClFO2S/c1-19(2)11-15(12-5-4-6-14(20)9-12)18(23-19)13-7-8-17(24(3)22)16(21)10-13/h4-10H,11H2,1-3H3. The molecule has 0 radical (unpaired) electrons. The molecular formula is C19H18ClFO2S. The van der Waals surface area contributed by atoms with Gasteiger partial charge in [-0.1, -0.05) is 23.7 Å². The monoisotopic (exact) mass is 364 g/mol. The number of benzene rings is 2.